The topological polar surface area (TPSA) is 26.3 Å². The van der Waals surface area contributed by atoms with Crippen molar-refractivity contribution in [2.75, 3.05) is 0 Å². The van der Waals surface area contributed by atoms with E-state index in [1.54, 1.807) is 30.3 Å². The van der Waals surface area contributed by atoms with Gasteiger partial charge in [0.15, 0.2) is 6.29 Å². The third kappa shape index (κ3) is 2.66. The lowest BCUT2D eigenvalue weighted by molar-refractivity contribution is 0.112. The molecule has 2 aromatic rings. The highest BCUT2D eigenvalue weighted by Gasteiger charge is 2.10. The molecular formula is C14H10Cl2O2. The number of rotatable bonds is 3. The van der Waals surface area contributed by atoms with Crippen molar-refractivity contribution < 1.29 is 9.53 Å². The molecule has 0 aliphatic carbocycles. The van der Waals surface area contributed by atoms with Crippen molar-refractivity contribution >= 4 is 29.5 Å². The summed E-state index contributed by atoms with van der Waals surface area (Å²) < 4.78 is 5.62. The molecule has 0 atom stereocenters. The first-order valence-electron chi connectivity index (χ1n) is 5.29. The molecule has 4 heteroatoms. The van der Waals surface area contributed by atoms with Crippen molar-refractivity contribution in [1.29, 1.82) is 0 Å². The maximum Gasteiger partial charge on any atom is 0.155 e. The maximum absolute atomic E-state index is 11.0. The Morgan fingerprint density at radius 3 is 2.50 bits per heavy atom. The number of halogens is 2. The standard InChI is InChI=1S/C14H10Cl2O2/c1-9-5-6-14(12(16)7-9)18-13-4-2-3-11(15)10(13)8-17/h2-8H,1H3. The third-order valence-electron chi connectivity index (χ3n) is 2.44. The fourth-order valence-corrected chi connectivity index (χ4v) is 2.01. The van der Waals surface area contributed by atoms with E-state index in [-0.39, 0.29) is 0 Å². The summed E-state index contributed by atoms with van der Waals surface area (Å²) in [6, 6.07) is 10.5. The van der Waals surface area contributed by atoms with E-state index in [9.17, 15) is 4.79 Å². The monoisotopic (exact) mass is 280 g/mol. The van der Waals surface area contributed by atoms with Crippen LogP contribution in [0.25, 0.3) is 0 Å². The predicted octanol–water partition coefficient (Wildman–Crippen LogP) is 4.91. The Balaban J connectivity index is 2.40. The summed E-state index contributed by atoms with van der Waals surface area (Å²) in [5.74, 6) is 0.885. The average Bonchev–Trinajstić information content (AvgIpc) is 2.33. The van der Waals surface area contributed by atoms with Gasteiger partial charge < -0.3 is 4.74 Å². The Labute approximate surface area is 115 Å². The lowest BCUT2D eigenvalue weighted by atomic mass is 10.2. The zero-order valence-electron chi connectivity index (χ0n) is 9.61. The molecule has 0 bridgehead atoms. The maximum atomic E-state index is 11.0. The van der Waals surface area contributed by atoms with Crippen LogP contribution in [-0.4, -0.2) is 6.29 Å². The summed E-state index contributed by atoms with van der Waals surface area (Å²) in [6.07, 6.45) is 0.666. The van der Waals surface area contributed by atoms with Gasteiger partial charge in [-0.3, -0.25) is 4.79 Å². The van der Waals surface area contributed by atoms with Crippen LogP contribution in [-0.2, 0) is 0 Å². The van der Waals surface area contributed by atoms with Crippen LogP contribution < -0.4 is 4.74 Å². The molecule has 0 heterocycles. The van der Waals surface area contributed by atoms with Crippen LogP contribution >= 0.6 is 23.2 Å². The van der Waals surface area contributed by atoms with Crippen molar-refractivity contribution in [2.24, 2.45) is 0 Å². The van der Waals surface area contributed by atoms with Crippen LogP contribution in [0.1, 0.15) is 15.9 Å². The molecular weight excluding hydrogens is 271 g/mol. The van der Waals surface area contributed by atoms with Gasteiger partial charge in [-0.25, -0.2) is 0 Å². The van der Waals surface area contributed by atoms with Crippen LogP contribution in [0.2, 0.25) is 10.0 Å². The number of carbonyl (C=O) groups excluding carboxylic acids is 1. The van der Waals surface area contributed by atoms with Crippen molar-refractivity contribution in [1.82, 2.24) is 0 Å². The SMILES string of the molecule is Cc1ccc(Oc2cccc(Cl)c2C=O)c(Cl)c1. The second kappa shape index (κ2) is 5.42. The van der Waals surface area contributed by atoms with Crippen LogP contribution in [0.3, 0.4) is 0 Å². The van der Waals surface area contributed by atoms with Gasteiger partial charge in [0.2, 0.25) is 0 Å². The van der Waals surface area contributed by atoms with Gasteiger partial charge in [-0.2, -0.15) is 0 Å². The molecule has 0 saturated heterocycles. The summed E-state index contributed by atoms with van der Waals surface area (Å²) in [6.45, 7) is 1.94. The Kier molecular flexibility index (Phi) is 3.90. The molecule has 0 fully saturated rings. The van der Waals surface area contributed by atoms with Gasteiger partial charge in [0.05, 0.1) is 15.6 Å². The van der Waals surface area contributed by atoms with E-state index in [4.69, 9.17) is 27.9 Å². The van der Waals surface area contributed by atoms with Gasteiger partial charge in [0.25, 0.3) is 0 Å². The number of benzene rings is 2. The molecule has 92 valence electrons. The highest BCUT2D eigenvalue weighted by molar-refractivity contribution is 6.33. The number of aldehydes is 1. The minimum Gasteiger partial charge on any atom is -0.455 e. The van der Waals surface area contributed by atoms with Crippen molar-refractivity contribution in [3.8, 4) is 11.5 Å². The second-order valence-electron chi connectivity index (χ2n) is 3.81. The summed E-state index contributed by atoms with van der Waals surface area (Å²) in [5.41, 5.74) is 1.35. The normalized spacial score (nSPS) is 10.2. The Hall–Kier alpha value is -1.51. The molecule has 0 aliphatic rings. The zero-order chi connectivity index (χ0) is 13.1. The first kappa shape index (κ1) is 12.9. The molecule has 2 aromatic carbocycles. The molecule has 2 rings (SSSR count). The van der Waals surface area contributed by atoms with E-state index in [2.05, 4.69) is 0 Å². The summed E-state index contributed by atoms with van der Waals surface area (Å²) in [5, 5.41) is 0.845. The van der Waals surface area contributed by atoms with E-state index in [0.717, 1.165) is 5.56 Å². The summed E-state index contributed by atoms with van der Waals surface area (Å²) >= 11 is 12.0. The van der Waals surface area contributed by atoms with Crippen molar-refractivity contribution in [2.45, 2.75) is 6.92 Å². The van der Waals surface area contributed by atoms with Crippen molar-refractivity contribution in [3.63, 3.8) is 0 Å². The zero-order valence-corrected chi connectivity index (χ0v) is 11.1. The Morgan fingerprint density at radius 2 is 1.83 bits per heavy atom. The van der Waals surface area contributed by atoms with Gasteiger partial charge in [-0.05, 0) is 36.8 Å². The number of aryl methyl sites for hydroxylation is 1. The Bertz CT molecular complexity index is 594. The molecule has 0 aromatic heterocycles. The number of carbonyl (C=O) groups is 1. The van der Waals surface area contributed by atoms with E-state index in [0.29, 0.717) is 33.4 Å². The van der Waals surface area contributed by atoms with Gasteiger partial charge in [0.1, 0.15) is 11.5 Å². The molecule has 0 unspecified atom stereocenters. The average molecular weight is 281 g/mol. The van der Waals surface area contributed by atoms with Gasteiger partial charge in [-0.1, -0.05) is 35.3 Å². The van der Waals surface area contributed by atoms with Gasteiger partial charge in [-0.15, -0.1) is 0 Å². The molecule has 0 amide bonds. The van der Waals surface area contributed by atoms with E-state index < -0.39 is 0 Å². The van der Waals surface area contributed by atoms with Crippen LogP contribution in [0.4, 0.5) is 0 Å². The van der Waals surface area contributed by atoms with Crippen LogP contribution in [0.5, 0.6) is 11.5 Å². The molecule has 0 N–H and O–H groups in total. The minimum atomic E-state index is 0.316. The van der Waals surface area contributed by atoms with Crippen LogP contribution in [0, 0.1) is 6.92 Å². The molecule has 0 radical (unpaired) electrons. The van der Waals surface area contributed by atoms with E-state index >= 15 is 0 Å². The lowest BCUT2D eigenvalue weighted by Crippen LogP contribution is -1.92. The quantitative estimate of drug-likeness (QED) is 0.747. The highest BCUT2D eigenvalue weighted by Crippen LogP contribution is 2.33. The van der Waals surface area contributed by atoms with Crippen LogP contribution in [0.15, 0.2) is 36.4 Å². The third-order valence-corrected chi connectivity index (χ3v) is 3.06. The molecule has 2 nitrogen and oxygen atoms in total. The molecule has 0 spiro atoms. The fraction of sp³-hybridized carbons (Fsp3) is 0.0714. The first-order valence-corrected chi connectivity index (χ1v) is 6.05. The number of ether oxygens (including phenoxy) is 1. The van der Waals surface area contributed by atoms with Gasteiger partial charge >= 0.3 is 0 Å². The summed E-state index contributed by atoms with van der Waals surface area (Å²) in [4.78, 5) is 11.0. The predicted molar refractivity (Wildman–Crippen MR) is 73.1 cm³/mol. The van der Waals surface area contributed by atoms with E-state index in [1.165, 1.54) is 0 Å². The minimum absolute atomic E-state index is 0.316. The summed E-state index contributed by atoms with van der Waals surface area (Å²) in [7, 11) is 0. The first-order chi connectivity index (χ1) is 8.61. The second-order valence-corrected chi connectivity index (χ2v) is 4.62. The largest absolute Gasteiger partial charge is 0.455 e. The van der Waals surface area contributed by atoms with Crippen molar-refractivity contribution in [3.05, 3.63) is 57.6 Å². The van der Waals surface area contributed by atoms with Gasteiger partial charge in [0, 0.05) is 0 Å². The molecule has 0 aliphatic heterocycles. The number of hydrogen-bond acceptors (Lipinski definition) is 2. The molecule has 0 saturated carbocycles. The highest BCUT2D eigenvalue weighted by atomic mass is 35.5. The fourth-order valence-electron chi connectivity index (χ4n) is 1.53. The van der Waals surface area contributed by atoms with E-state index in [1.807, 2.05) is 13.0 Å². The Morgan fingerprint density at radius 1 is 1.06 bits per heavy atom. The smallest absolute Gasteiger partial charge is 0.155 e. The molecule has 18 heavy (non-hydrogen) atoms. The number of hydrogen-bond donors (Lipinski definition) is 0. The lowest BCUT2D eigenvalue weighted by Gasteiger charge is -2.10.